The quantitative estimate of drug-likeness (QED) is 0.634. The molecule has 0 saturated carbocycles. The molecule has 6 nitrogen and oxygen atoms in total. The first-order chi connectivity index (χ1) is 10.0. The average Bonchev–Trinajstić information content (AvgIpc) is 2.82. The van der Waals surface area contributed by atoms with E-state index >= 15 is 0 Å². The lowest BCUT2D eigenvalue weighted by Gasteiger charge is -2.11. The van der Waals surface area contributed by atoms with Crippen molar-refractivity contribution in [1.29, 1.82) is 5.26 Å². The van der Waals surface area contributed by atoms with Crippen LogP contribution in [0.4, 0.5) is 5.69 Å². The molecular formula is C14H12IN3O3. The molecule has 0 saturated heterocycles. The third kappa shape index (κ3) is 2.67. The Morgan fingerprint density at radius 1 is 1.43 bits per heavy atom. The van der Waals surface area contributed by atoms with Gasteiger partial charge in [-0.1, -0.05) is 0 Å². The smallest absolute Gasteiger partial charge is 0.357 e. The van der Waals surface area contributed by atoms with Crippen LogP contribution in [0, 0.1) is 14.9 Å². The standard InChI is InChI=1S/C14H12IN3O3/c1-20-9-3-4-11(10(15)5-9)18-7-8(6-16)12(17)13(18)14(19)21-2/h3-5,7H,17H2,1-2H3. The summed E-state index contributed by atoms with van der Waals surface area (Å²) in [5.41, 5.74) is 7.04. The minimum Gasteiger partial charge on any atom is -0.497 e. The Bertz CT molecular complexity index is 747. The zero-order valence-corrected chi connectivity index (χ0v) is 13.5. The van der Waals surface area contributed by atoms with Crippen molar-refractivity contribution in [2.75, 3.05) is 20.0 Å². The fourth-order valence-electron chi connectivity index (χ4n) is 1.91. The molecule has 0 bridgehead atoms. The summed E-state index contributed by atoms with van der Waals surface area (Å²) >= 11 is 2.12. The van der Waals surface area contributed by atoms with Gasteiger partial charge in [-0.05, 0) is 40.8 Å². The monoisotopic (exact) mass is 397 g/mol. The molecule has 0 fully saturated rings. The number of hydrogen-bond acceptors (Lipinski definition) is 5. The molecule has 1 aromatic carbocycles. The number of carbonyl (C=O) groups is 1. The minimum atomic E-state index is -0.597. The molecule has 2 aromatic rings. The van der Waals surface area contributed by atoms with Gasteiger partial charge in [0.05, 0.1) is 31.2 Å². The molecular weight excluding hydrogens is 385 g/mol. The van der Waals surface area contributed by atoms with Crippen molar-refractivity contribution in [3.63, 3.8) is 0 Å². The predicted octanol–water partition coefficient (Wildman–Crippen LogP) is 2.33. The molecule has 0 amide bonds. The van der Waals surface area contributed by atoms with Gasteiger partial charge in [-0.3, -0.25) is 0 Å². The van der Waals surface area contributed by atoms with Gasteiger partial charge in [-0.25, -0.2) is 4.79 Å². The van der Waals surface area contributed by atoms with Gasteiger partial charge in [0, 0.05) is 9.77 Å². The second-order valence-corrected chi connectivity index (χ2v) is 5.26. The number of ether oxygens (including phenoxy) is 2. The molecule has 1 heterocycles. The summed E-state index contributed by atoms with van der Waals surface area (Å²) in [6, 6.07) is 7.33. The number of esters is 1. The molecule has 0 radical (unpaired) electrons. The van der Waals surface area contributed by atoms with E-state index in [0.29, 0.717) is 11.4 Å². The van der Waals surface area contributed by atoms with Gasteiger partial charge in [0.25, 0.3) is 0 Å². The topological polar surface area (TPSA) is 90.3 Å². The number of nitriles is 1. The summed E-state index contributed by atoms with van der Waals surface area (Å²) in [5.74, 6) is 0.101. The lowest BCUT2D eigenvalue weighted by molar-refractivity contribution is 0.0593. The van der Waals surface area contributed by atoms with Gasteiger partial charge in [-0.2, -0.15) is 5.26 Å². The van der Waals surface area contributed by atoms with Crippen LogP contribution in [0.5, 0.6) is 5.75 Å². The number of aromatic nitrogens is 1. The van der Waals surface area contributed by atoms with Crippen LogP contribution in [0.2, 0.25) is 0 Å². The first-order valence-corrected chi connectivity index (χ1v) is 6.94. The second-order valence-electron chi connectivity index (χ2n) is 4.10. The van der Waals surface area contributed by atoms with Crippen molar-refractivity contribution >= 4 is 34.2 Å². The van der Waals surface area contributed by atoms with E-state index in [0.717, 1.165) is 3.57 Å². The van der Waals surface area contributed by atoms with E-state index in [4.69, 9.17) is 20.5 Å². The van der Waals surface area contributed by atoms with Crippen molar-refractivity contribution in [2.24, 2.45) is 0 Å². The number of methoxy groups -OCH3 is 2. The number of carbonyl (C=O) groups excluding carboxylic acids is 1. The maximum atomic E-state index is 11.9. The van der Waals surface area contributed by atoms with Gasteiger partial charge in [0.15, 0.2) is 5.69 Å². The van der Waals surface area contributed by atoms with Crippen LogP contribution >= 0.6 is 22.6 Å². The maximum absolute atomic E-state index is 11.9. The van der Waals surface area contributed by atoms with E-state index in [2.05, 4.69) is 22.6 Å². The van der Waals surface area contributed by atoms with Crippen molar-refractivity contribution < 1.29 is 14.3 Å². The van der Waals surface area contributed by atoms with Gasteiger partial charge in [-0.15, -0.1) is 0 Å². The molecule has 0 aliphatic carbocycles. The third-order valence-electron chi connectivity index (χ3n) is 2.96. The van der Waals surface area contributed by atoms with E-state index in [1.807, 2.05) is 12.1 Å². The summed E-state index contributed by atoms with van der Waals surface area (Å²) in [4.78, 5) is 11.9. The van der Waals surface area contributed by atoms with E-state index in [1.54, 1.807) is 23.8 Å². The average molecular weight is 397 g/mol. The molecule has 1 aromatic heterocycles. The second kappa shape index (κ2) is 6.05. The van der Waals surface area contributed by atoms with Crippen LogP contribution < -0.4 is 10.5 Å². The Morgan fingerprint density at radius 3 is 2.67 bits per heavy atom. The number of nitrogens with two attached hydrogens (primary N) is 1. The highest BCUT2D eigenvalue weighted by Crippen LogP contribution is 2.29. The Morgan fingerprint density at radius 2 is 2.14 bits per heavy atom. The zero-order chi connectivity index (χ0) is 15.6. The number of nitrogen functional groups attached to an aromatic ring is 1. The van der Waals surface area contributed by atoms with Gasteiger partial charge in [0.2, 0.25) is 0 Å². The zero-order valence-electron chi connectivity index (χ0n) is 11.4. The fraction of sp³-hybridized carbons (Fsp3) is 0.143. The lowest BCUT2D eigenvalue weighted by Crippen LogP contribution is -2.11. The Balaban J connectivity index is 2.69. The van der Waals surface area contributed by atoms with Crippen molar-refractivity contribution in [1.82, 2.24) is 4.57 Å². The largest absolute Gasteiger partial charge is 0.497 e. The number of hydrogen-bond donors (Lipinski definition) is 1. The van der Waals surface area contributed by atoms with Crippen LogP contribution in [0.15, 0.2) is 24.4 Å². The van der Waals surface area contributed by atoms with Crippen LogP contribution in [0.3, 0.4) is 0 Å². The molecule has 7 heteroatoms. The Kier molecular flexibility index (Phi) is 4.37. The molecule has 0 atom stereocenters. The minimum absolute atomic E-state index is 0.107. The van der Waals surface area contributed by atoms with E-state index in [9.17, 15) is 4.79 Å². The Hall–Kier alpha value is -2.21. The van der Waals surface area contributed by atoms with Gasteiger partial charge >= 0.3 is 5.97 Å². The lowest BCUT2D eigenvalue weighted by atomic mass is 10.2. The highest BCUT2D eigenvalue weighted by Gasteiger charge is 2.22. The molecule has 0 spiro atoms. The summed E-state index contributed by atoms with van der Waals surface area (Å²) in [7, 11) is 2.84. The SMILES string of the molecule is COC(=O)c1c(N)c(C#N)cn1-c1ccc(OC)cc1I. The molecule has 21 heavy (non-hydrogen) atoms. The molecule has 108 valence electrons. The molecule has 0 aliphatic heterocycles. The number of halogens is 1. The summed E-state index contributed by atoms with van der Waals surface area (Å²) in [6.45, 7) is 0. The summed E-state index contributed by atoms with van der Waals surface area (Å²) in [5, 5.41) is 9.09. The molecule has 0 unspecified atom stereocenters. The molecule has 2 rings (SSSR count). The normalized spacial score (nSPS) is 10.0. The fourth-order valence-corrected chi connectivity index (χ4v) is 2.66. The van der Waals surface area contributed by atoms with E-state index < -0.39 is 5.97 Å². The first-order valence-electron chi connectivity index (χ1n) is 5.86. The van der Waals surface area contributed by atoms with Gasteiger partial charge < -0.3 is 19.8 Å². The summed E-state index contributed by atoms with van der Waals surface area (Å²) < 4.78 is 12.3. The maximum Gasteiger partial charge on any atom is 0.357 e. The molecule has 0 aliphatic rings. The highest BCUT2D eigenvalue weighted by atomic mass is 127. The van der Waals surface area contributed by atoms with Gasteiger partial charge in [0.1, 0.15) is 11.8 Å². The third-order valence-corrected chi connectivity index (χ3v) is 3.82. The van der Waals surface area contributed by atoms with Crippen LogP contribution in [0.25, 0.3) is 5.69 Å². The number of rotatable bonds is 3. The number of nitrogens with zero attached hydrogens (tertiary/aromatic N) is 2. The summed E-state index contributed by atoms with van der Waals surface area (Å²) in [6.07, 6.45) is 1.52. The van der Waals surface area contributed by atoms with Crippen LogP contribution in [-0.2, 0) is 4.74 Å². The number of benzene rings is 1. The predicted molar refractivity (Wildman–Crippen MR) is 85.5 cm³/mol. The Labute approximate surface area is 135 Å². The highest BCUT2D eigenvalue weighted by molar-refractivity contribution is 14.1. The number of anilines is 1. The van der Waals surface area contributed by atoms with E-state index in [-0.39, 0.29) is 16.9 Å². The first kappa shape index (κ1) is 15.2. The van der Waals surface area contributed by atoms with Crippen molar-refractivity contribution in [3.05, 3.63) is 39.2 Å². The van der Waals surface area contributed by atoms with Crippen LogP contribution in [0.1, 0.15) is 16.1 Å². The molecule has 2 N–H and O–H groups in total. The van der Waals surface area contributed by atoms with E-state index in [1.165, 1.54) is 13.3 Å². The van der Waals surface area contributed by atoms with Crippen molar-refractivity contribution in [3.8, 4) is 17.5 Å². The van der Waals surface area contributed by atoms with Crippen molar-refractivity contribution in [2.45, 2.75) is 0 Å². The van der Waals surface area contributed by atoms with Crippen LogP contribution in [-0.4, -0.2) is 24.8 Å².